The molecule has 1 heterocycles. The quantitative estimate of drug-likeness (QED) is 0.672. The number of carbonyl (C=O) groups is 1. The van der Waals surface area contributed by atoms with Gasteiger partial charge in [0.1, 0.15) is 0 Å². The number of hydrogen-bond acceptors (Lipinski definition) is 3. The highest BCUT2D eigenvalue weighted by Crippen LogP contribution is 2.14. The predicted octanol–water partition coefficient (Wildman–Crippen LogP) is 2.10. The Labute approximate surface area is 76.2 Å². The van der Waals surface area contributed by atoms with Crippen molar-refractivity contribution in [3.63, 3.8) is 0 Å². The number of esters is 1. The molecule has 0 aliphatic heterocycles. The van der Waals surface area contributed by atoms with E-state index in [4.69, 9.17) is 0 Å². The van der Waals surface area contributed by atoms with Crippen molar-refractivity contribution in [2.24, 2.45) is 5.92 Å². The smallest absolute Gasteiger partial charge is 0.308 e. The van der Waals surface area contributed by atoms with Gasteiger partial charge in [0.15, 0.2) is 0 Å². The van der Waals surface area contributed by atoms with Gasteiger partial charge in [0.05, 0.1) is 13.0 Å². The lowest BCUT2D eigenvalue weighted by molar-refractivity contribution is -0.144. The predicted molar refractivity (Wildman–Crippen MR) is 49.2 cm³/mol. The molecule has 0 saturated carbocycles. The van der Waals surface area contributed by atoms with E-state index >= 15 is 0 Å². The van der Waals surface area contributed by atoms with Gasteiger partial charge in [-0.05, 0) is 17.9 Å². The largest absolute Gasteiger partial charge is 0.469 e. The van der Waals surface area contributed by atoms with E-state index in [2.05, 4.69) is 4.74 Å². The first-order chi connectivity index (χ1) is 5.74. The number of rotatable bonds is 3. The van der Waals surface area contributed by atoms with Crippen molar-refractivity contribution >= 4 is 17.3 Å². The lowest BCUT2D eigenvalue weighted by Gasteiger charge is -2.06. The van der Waals surface area contributed by atoms with Gasteiger partial charge in [-0.2, -0.15) is 0 Å². The van der Waals surface area contributed by atoms with Gasteiger partial charge in [-0.25, -0.2) is 0 Å². The van der Waals surface area contributed by atoms with E-state index in [-0.39, 0.29) is 11.9 Å². The second-order valence-corrected chi connectivity index (χ2v) is 3.74. The summed E-state index contributed by atoms with van der Waals surface area (Å²) in [5.74, 6) is -0.169. The average molecular weight is 184 g/mol. The molecule has 1 unspecified atom stereocenters. The maximum Gasteiger partial charge on any atom is 0.308 e. The molecule has 0 aromatic carbocycles. The van der Waals surface area contributed by atoms with Crippen molar-refractivity contribution in [3.8, 4) is 0 Å². The molecule has 0 radical (unpaired) electrons. The van der Waals surface area contributed by atoms with Gasteiger partial charge in [-0.15, -0.1) is 11.3 Å². The third-order valence-corrected chi connectivity index (χ3v) is 2.59. The first-order valence-electron chi connectivity index (χ1n) is 3.84. The average Bonchev–Trinajstić information content (AvgIpc) is 2.55. The van der Waals surface area contributed by atoms with E-state index < -0.39 is 0 Å². The molecular weight excluding hydrogens is 172 g/mol. The number of methoxy groups -OCH3 is 1. The minimum atomic E-state index is -0.136. The van der Waals surface area contributed by atoms with E-state index in [1.54, 1.807) is 11.3 Å². The number of ether oxygens (including phenoxy) is 1. The molecule has 0 bridgehead atoms. The van der Waals surface area contributed by atoms with Crippen LogP contribution in [0.3, 0.4) is 0 Å². The van der Waals surface area contributed by atoms with Gasteiger partial charge in [-0.3, -0.25) is 4.79 Å². The molecule has 1 rings (SSSR count). The summed E-state index contributed by atoms with van der Waals surface area (Å²) in [6.07, 6.45) is 0.782. The monoisotopic (exact) mass is 184 g/mol. The van der Waals surface area contributed by atoms with Crippen molar-refractivity contribution in [3.05, 3.63) is 22.4 Å². The molecule has 0 aliphatic carbocycles. The van der Waals surface area contributed by atoms with Crippen molar-refractivity contribution in [1.82, 2.24) is 0 Å². The Morgan fingerprint density at radius 3 is 3.00 bits per heavy atom. The summed E-state index contributed by atoms with van der Waals surface area (Å²) in [4.78, 5) is 12.2. The summed E-state index contributed by atoms with van der Waals surface area (Å²) in [5.41, 5.74) is 0. The summed E-state index contributed by atoms with van der Waals surface area (Å²) in [6, 6.07) is 4.02. The molecule has 0 spiro atoms. The standard InChI is InChI=1S/C9H12O2S/c1-7(9(10)11-2)6-8-4-3-5-12-8/h3-5,7H,6H2,1-2H3. The van der Waals surface area contributed by atoms with Crippen LogP contribution in [0.5, 0.6) is 0 Å². The molecule has 2 nitrogen and oxygen atoms in total. The molecule has 0 N–H and O–H groups in total. The van der Waals surface area contributed by atoms with Gasteiger partial charge in [0.25, 0.3) is 0 Å². The summed E-state index contributed by atoms with van der Waals surface area (Å²) in [6.45, 7) is 1.88. The summed E-state index contributed by atoms with van der Waals surface area (Å²) in [7, 11) is 1.42. The molecule has 3 heteroatoms. The molecule has 1 aromatic heterocycles. The fourth-order valence-electron chi connectivity index (χ4n) is 1.02. The number of hydrogen-bond donors (Lipinski definition) is 0. The second kappa shape index (κ2) is 4.26. The highest BCUT2D eigenvalue weighted by Gasteiger charge is 2.13. The van der Waals surface area contributed by atoms with Crippen LogP contribution in [0, 0.1) is 5.92 Å². The molecule has 1 aromatic rings. The van der Waals surface area contributed by atoms with E-state index in [1.165, 1.54) is 12.0 Å². The lowest BCUT2D eigenvalue weighted by Crippen LogP contribution is -2.14. The van der Waals surface area contributed by atoms with Crippen molar-refractivity contribution in [2.75, 3.05) is 7.11 Å². The summed E-state index contributed by atoms with van der Waals surface area (Å²) < 4.78 is 4.63. The topological polar surface area (TPSA) is 26.3 Å². The van der Waals surface area contributed by atoms with E-state index in [0.29, 0.717) is 0 Å². The number of carbonyl (C=O) groups excluding carboxylic acids is 1. The molecular formula is C9H12O2S. The van der Waals surface area contributed by atoms with Crippen molar-refractivity contribution < 1.29 is 9.53 Å². The van der Waals surface area contributed by atoms with E-state index in [9.17, 15) is 4.79 Å². The first kappa shape index (κ1) is 9.26. The summed E-state index contributed by atoms with van der Waals surface area (Å²) in [5, 5.41) is 2.01. The van der Waals surface area contributed by atoms with Crippen LogP contribution in [-0.4, -0.2) is 13.1 Å². The van der Waals surface area contributed by atoms with Crippen LogP contribution in [0.2, 0.25) is 0 Å². The fourth-order valence-corrected chi connectivity index (χ4v) is 1.85. The van der Waals surface area contributed by atoms with Crippen LogP contribution in [0.15, 0.2) is 17.5 Å². The van der Waals surface area contributed by atoms with Crippen LogP contribution in [0.4, 0.5) is 0 Å². The third-order valence-electron chi connectivity index (χ3n) is 1.69. The van der Waals surface area contributed by atoms with Crippen molar-refractivity contribution in [2.45, 2.75) is 13.3 Å². The van der Waals surface area contributed by atoms with Gasteiger partial charge in [-0.1, -0.05) is 13.0 Å². The maximum absolute atomic E-state index is 11.0. The third kappa shape index (κ3) is 2.34. The van der Waals surface area contributed by atoms with Gasteiger partial charge in [0, 0.05) is 4.88 Å². The van der Waals surface area contributed by atoms with Crippen LogP contribution < -0.4 is 0 Å². The van der Waals surface area contributed by atoms with Crippen molar-refractivity contribution in [1.29, 1.82) is 0 Å². The molecule has 0 amide bonds. The van der Waals surface area contributed by atoms with Gasteiger partial charge < -0.3 is 4.74 Å². The Morgan fingerprint density at radius 1 is 1.75 bits per heavy atom. The van der Waals surface area contributed by atoms with Crippen LogP contribution in [0.1, 0.15) is 11.8 Å². The minimum Gasteiger partial charge on any atom is -0.469 e. The SMILES string of the molecule is COC(=O)C(C)Cc1cccs1. The Morgan fingerprint density at radius 2 is 2.50 bits per heavy atom. The second-order valence-electron chi connectivity index (χ2n) is 2.71. The molecule has 66 valence electrons. The van der Waals surface area contributed by atoms with Crippen LogP contribution in [0.25, 0.3) is 0 Å². The van der Waals surface area contributed by atoms with Gasteiger partial charge in [0.2, 0.25) is 0 Å². The number of thiophene rings is 1. The zero-order chi connectivity index (χ0) is 8.97. The summed E-state index contributed by atoms with van der Waals surface area (Å²) >= 11 is 1.67. The first-order valence-corrected chi connectivity index (χ1v) is 4.72. The maximum atomic E-state index is 11.0. The Hall–Kier alpha value is -0.830. The Balaban J connectivity index is 2.47. The molecule has 0 aliphatic rings. The minimum absolute atomic E-state index is 0.0337. The highest BCUT2D eigenvalue weighted by molar-refractivity contribution is 7.09. The normalized spacial score (nSPS) is 12.5. The molecule has 12 heavy (non-hydrogen) atoms. The van der Waals surface area contributed by atoms with E-state index in [1.807, 2.05) is 24.4 Å². The molecule has 0 saturated heterocycles. The van der Waals surface area contributed by atoms with Gasteiger partial charge >= 0.3 is 5.97 Å². The van der Waals surface area contributed by atoms with E-state index in [0.717, 1.165) is 6.42 Å². The Kier molecular flexibility index (Phi) is 3.29. The zero-order valence-corrected chi connectivity index (χ0v) is 8.06. The van der Waals surface area contributed by atoms with Crippen LogP contribution in [-0.2, 0) is 16.0 Å². The van der Waals surface area contributed by atoms with Crippen LogP contribution >= 0.6 is 11.3 Å². The zero-order valence-electron chi connectivity index (χ0n) is 7.24. The highest BCUT2D eigenvalue weighted by atomic mass is 32.1. The Bertz CT molecular complexity index is 241. The lowest BCUT2D eigenvalue weighted by atomic mass is 10.1. The molecule has 1 atom stereocenters. The fraction of sp³-hybridized carbons (Fsp3) is 0.444. The molecule has 0 fully saturated rings.